The van der Waals surface area contributed by atoms with Crippen LogP contribution in [0.4, 0.5) is 5.69 Å². The van der Waals surface area contributed by atoms with Crippen molar-refractivity contribution in [1.29, 1.82) is 0 Å². The average molecular weight is 443 g/mol. The van der Waals surface area contributed by atoms with Crippen LogP contribution in [0.15, 0.2) is 47.0 Å². The molecule has 162 valence electrons. The Morgan fingerprint density at radius 3 is 2.68 bits per heavy atom. The molecule has 1 aromatic heterocycles. The van der Waals surface area contributed by atoms with Crippen molar-refractivity contribution >= 4 is 21.4 Å². The minimum absolute atomic E-state index is 0.0736. The van der Waals surface area contributed by atoms with Gasteiger partial charge in [0.1, 0.15) is 24.2 Å². The fourth-order valence-corrected chi connectivity index (χ4v) is 4.14. The zero-order valence-corrected chi connectivity index (χ0v) is 17.8. The van der Waals surface area contributed by atoms with Crippen molar-refractivity contribution in [2.45, 2.75) is 24.9 Å². The Labute approximate surface area is 179 Å². The minimum atomic E-state index is -3.89. The third-order valence-corrected chi connectivity index (χ3v) is 6.73. The third kappa shape index (κ3) is 4.69. The molecular weight excluding hydrogens is 422 g/mol. The molecule has 0 radical (unpaired) electrons. The van der Waals surface area contributed by atoms with Gasteiger partial charge in [-0.15, -0.1) is 0 Å². The second kappa shape index (κ2) is 8.38. The quantitative estimate of drug-likeness (QED) is 0.617. The average Bonchev–Trinajstić information content (AvgIpc) is 3.21. The van der Waals surface area contributed by atoms with E-state index in [-0.39, 0.29) is 5.89 Å². The summed E-state index contributed by atoms with van der Waals surface area (Å²) in [6, 6.07) is 12.3. The van der Waals surface area contributed by atoms with Gasteiger partial charge < -0.3 is 19.3 Å². The number of aryl methyl sites for hydroxylation is 1. The van der Waals surface area contributed by atoms with Crippen LogP contribution in [0.3, 0.4) is 0 Å². The summed E-state index contributed by atoms with van der Waals surface area (Å²) in [7, 11) is -3.89. The lowest BCUT2D eigenvalue weighted by molar-refractivity contribution is -0.115. The van der Waals surface area contributed by atoms with Gasteiger partial charge in [-0.1, -0.05) is 28.9 Å². The van der Waals surface area contributed by atoms with Gasteiger partial charge in [0.2, 0.25) is 17.6 Å². The molecule has 0 saturated carbocycles. The fourth-order valence-electron chi connectivity index (χ4n) is 3.04. The number of nitrogens with zero attached hydrogens (tertiary/aromatic N) is 2. The van der Waals surface area contributed by atoms with Crippen molar-refractivity contribution in [2.75, 3.05) is 18.5 Å². The lowest BCUT2D eigenvalue weighted by atomic mass is 10.1. The van der Waals surface area contributed by atoms with Crippen LogP contribution in [0.5, 0.6) is 11.5 Å². The molecular formula is C21H21N3O6S. The first-order chi connectivity index (χ1) is 14.8. The molecule has 2 aromatic carbocycles. The first kappa shape index (κ1) is 20.9. The number of anilines is 1. The normalized spacial score (nSPS) is 14.1. The summed E-state index contributed by atoms with van der Waals surface area (Å²) in [5.74, 6) is 0.0781. The molecule has 0 aliphatic carbocycles. The number of fused-ring (bicyclic) bond motifs is 1. The molecule has 1 aliphatic rings. The maximum absolute atomic E-state index is 12.7. The third-order valence-electron chi connectivity index (χ3n) is 4.79. The van der Waals surface area contributed by atoms with E-state index in [0.29, 0.717) is 36.2 Å². The fraction of sp³-hybridized carbons (Fsp3) is 0.286. The van der Waals surface area contributed by atoms with E-state index in [9.17, 15) is 13.2 Å². The van der Waals surface area contributed by atoms with E-state index in [0.717, 1.165) is 11.1 Å². The Bertz CT molecular complexity index is 1220. The Morgan fingerprint density at radius 1 is 1.13 bits per heavy atom. The second-order valence-electron chi connectivity index (χ2n) is 7.18. The molecule has 0 saturated heterocycles. The highest BCUT2D eigenvalue weighted by molar-refractivity contribution is 7.92. The van der Waals surface area contributed by atoms with Crippen molar-refractivity contribution < 1.29 is 27.2 Å². The molecule has 10 heteroatoms. The van der Waals surface area contributed by atoms with Gasteiger partial charge in [0.05, 0.1) is 0 Å². The summed E-state index contributed by atoms with van der Waals surface area (Å²) in [5, 5.41) is 5.12. The summed E-state index contributed by atoms with van der Waals surface area (Å²) in [4.78, 5) is 16.7. The maximum atomic E-state index is 12.7. The van der Waals surface area contributed by atoms with Gasteiger partial charge >= 0.3 is 0 Å². The number of hydrogen-bond donors (Lipinski definition) is 1. The van der Waals surface area contributed by atoms with Gasteiger partial charge in [-0.05, 0) is 32.0 Å². The molecule has 1 unspecified atom stereocenters. The molecule has 1 atom stereocenters. The largest absolute Gasteiger partial charge is 0.486 e. The topological polar surface area (TPSA) is 121 Å². The standard InChI is InChI=1S/C21H21N3O6S/c1-13-4-3-5-15(10-13)20-23-19(30-24-20)12-31(26,27)14(2)21(25)22-16-6-7-17-18(11-16)29-9-8-28-17/h3-7,10-11,14H,8-9,12H2,1-2H3,(H,22,25). The highest BCUT2D eigenvalue weighted by Gasteiger charge is 2.30. The van der Waals surface area contributed by atoms with Gasteiger partial charge in [-0.3, -0.25) is 4.79 Å². The predicted octanol–water partition coefficient (Wildman–Crippen LogP) is 2.76. The molecule has 1 aliphatic heterocycles. The van der Waals surface area contributed by atoms with E-state index < -0.39 is 26.7 Å². The van der Waals surface area contributed by atoms with Crippen molar-refractivity contribution in [3.63, 3.8) is 0 Å². The Balaban J connectivity index is 1.44. The SMILES string of the molecule is Cc1cccc(-c2noc(CS(=O)(=O)C(C)C(=O)Nc3ccc4c(c3)OCCO4)n2)c1. The van der Waals surface area contributed by atoms with Crippen LogP contribution in [0.2, 0.25) is 0 Å². The van der Waals surface area contributed by atoms with Crippen LogP contribution in [0, 0.1) is 6.92 Å². The molecule has 31 heavy (non-hydrogen) atoms. The van der Waals surface area contributed by atoms with E-state index in [1.165, 1.54) is 6.92 Å². The zero-order chi connectivity index (χ0) is 22.0. The number of rotatable bonds is 6. The van der Waals surface area contributed by atoms with E-state index in [1.54, 1.807) is 24.3 Å². The van der Waals surface area contributed by atoms with E-state index in [2.05, 4.69) is 15.5 Å². The first-order valence-corrected chi connectivity index (χ1v) is 11.3. The van der Waals surface area contributed by atoms with Crippen LogP contribution >= 0.6 is 0 Å². The van der Waals surface area contributed by atoms with Crippen LogP contribution in [-0.4, -0.2) is 42.9 Å². The summed E-state index contributed by atoms with van der Waals surface area (Å²) in [6.45, 7) is 4.11. The Kier molecular flexibility index (Phi) is 5.64. The van der Waals surface area contributed by atoms with E-state index >= 15 is 0 Å². The van der Waals surface area contributed by atoms with Gasteiger partial charge in [-0.25, -0.2) is 8.42 Å². The Hall–Kier alpha value is -3.40. The number of carbonyl (C=O) groups excluding carboxylic acids is 1. The molecule has 0 fully saturated rings. The van der Waals surface area contributed by atoms with Crippen molar-refractivity contribution in [3.8, 4) is 22.9 Å². The van der Waals surface area contributed by atoms with E-state index in [4.69, 9.17) is 14.0 Å². The lowest BCUT2D eigenvalue weighted by Crippen LogP contribution is -2.33. The monoisotopic (exact) mass is 443 g/mol. The first-order valence-electron chi connectivity index (χ1n) is 9.63. The molecule has 0 spiro atoms. The molecule has 2 heterocycles. The van der Waals surface area contributed by atoms with Crippen molar-refractivity contribution in [3.05, 3.63) is 53.9 Å². The number of nitrogens with one attached hydrogen (secondary N) is 1. The summed E-state index contributed by atoms with van der Waals surface area (Å²) in [5.41, 5.74) is 2.15. The number of ether oxygens (including phenoxy) is 2. The summed E-state index contributed by atoms with van der Waals surface area (Å²) in [6.07, 6.45) is 0. The number of carbonyl (C=O) groups is 1. The number of sulfone groups is 1. The Morgan fingerprint density at radius 2 is 1.90 bits per heavy atom. The van der Waals surface area contributed by atoms with Crippen molar-refractivity contribution in [1.82, 2.24) is 10.1 Å². The smallest absolute Gasteiger partial charge is 0.242 e. The lowest BCUT2D eigenvalue weighted by Gasteiger charge is -2.19. The molecule has 3 aromatic rings. The number of amides is 1. The molecule has 4 rings (SSSR count). The number of benzene rings is 2. The highest BCUT2D eigenvalue weighted by Crippen LogP contribution is 2.32. The van der Waals surface area contributed by atoms with Gasteiger partial charge in [0, 0.05) is 17.3 Å². The summed E-state index contributed by atoms with van der Waals surface area (Å²) < 4.78 is 41.5. The van der Waals surface area contributed by atoms with E-state index in [1.807, 2.05) is 25.1 Å². The van der Waals surface area contributed by atoms with Crippen molar-refractivity contribution in [2.24, 2.45) is 0 Å². The summed E-state index contributed by atoms with van der Waals surface area (Å²) >= 11 is 0. The predicted molar refractivity (Wildman–Crippen MR) is 113 cm³/mol. The molecule has 1 amide bonds. The molecule has 0 bridgehead atoms. The van der Waals surface area contributed by atoms with Crippen LogP contribution in [0.1, 0.15) is 18.4 Å². The number of hydrogen-bond acceptors (Lipinski definition) is 8. The number of aromatic nitrogens is 2. The highest BCUT2D eigenvalue weighted by atomic mass is 32.2. The molecule has 1 N–H and O–H groups in total. The second-order valence-corrected chi connectivity index (χ2v) is 9.50. The van der Waals surface area contributed by atoms with Gasteiger partial charge in [0.25, 0.3) is 0 Å². The van der Waals surface area contributed by atoms with Crippen LogP contribution in [0.25, 0.3) is 11.4 Å². The van der Waals surface area contributed by atoms with Crippen LogP contribution in [-0.2, 0) is 20.4 Å². The van der Waals surface area contributed by atoms with Crippen LogP contribution < -0.4 is 14.8 Å². The van der Waals surface area contributed by atoms with Gasteiger partial charge in [-0.2, -0.15) is 4.98 Å². The molecule has 9 nitrogen and oxygen atoms in total. The minimum Gasteiger partial charge on any atom is -0.486 e. The maximum Gasteiger partial charge on any atom is 0.242 e. The zero-order valence-electron chi connectivity index (χ0n) is 17.0. The van der Waals surface area contributed by atoms with Gasteiger partial charge in [0.15, 0.2) is 21.3 Å².